The van der Waals surface area contributed by atoms with E-state index in [2.05, 4.69) is 121 Å². The molecule has 0 radical (unpaired) electrons. The molecule has 0 aliphatic carbocycles. The van der Waals surface area contributed by atoms with E-state index in [-0.39, 0.29) is 16.5 Å². The summed E-state index contributed by atoms with van der Waals surface area (Å²) >= 11 is 15.0. The molecular weight excluding hydrogens is 516 g/mol. The smallest absolute Gasteiger partial charge is 0 e. The van der Waals surface area contributed by atoms with E-state index in [4.69, 9.17) is 22.5 Å². The molecular formula is C27H28Cl2NiP2. The Morgan fingerprint density at radius 1 is 0.406 bits per heavy atom. The minimum atomic E-state index is -2.37. The monoisotopic (exact) mass is 542 g/mol. The Morgan fingerprint density at radius 2 is 0.625 bits per heavy atom. The maximum atomic E-state index is 7.52. The molecule has 0 saturated heterocycles. The first-order valence-corrected chi connectivity index (χ1v) is 17.2. The van der Waals surface area contributed by atoms with Crippen molar-refractivity contribution in [3.63, 3.8) is 0 Å². The van der Waals surface area contributed by atoms with Crippen LogP contribution in [0.3, 0.4) is 0 Å². The van der Waals surface area contributed by atoms with Gasteiger partial charge < -0.3 is 0 Å². The van der Waals surface area contributed by atoms with Crippen LogP contribution in [-0.2, 0) is 16.5 Å². The van der Waals surface area contributed by atoms with Gasteiger partial charge in [-0.3, -0.25) is 0 Å². The normalized spacial score (nSPS) is 12.6. The van der Waals surface area contributed by atoms with Crippen molar-refractivity contribution >= 4 is 56.9 Å². The molecule has 0 nitrogen and oxygen atoms in total. The fraction of sp³-hybridized carbons (Fsp3) is 0.111. The molecule has 0 aromatic heterocycles. The topological polar surface area (TPSA) is 0 Å². The maximum Gasteiger partial charge on any atom is 0 e. The van der Waals surface area contributed by atoms with Gasteiger partial charge in [-0.25, -0.2) is 0 Å². The van der Waals surface area contributed by atoms with Crippen molar-refractivity contribution in [2.75, 3.05) is 12.3 Å². The Morgan fingerprint density at radius 3 is 0.844 bits per heavy atom. The van der Waals surface area contributed by atoms with Gasteiger partial charge in [-0.15, -0.1) is 0 Å². The van der Waals surface area contributed by atoms with Gasteiger partial charge in [-0.1, -0.05) is 0 Å². The molecule has 0 spiro atoms. The summed E-state index contributed by atoms with van der Waals surface area (Å²) in [4.78, 5) is 0. The van der Waals surface area contributed by atoms with Crippen LogP contribution in [0, 0.1) is 0 Å². The molecule has 4 aromatic rings. The van der Waals surface area contributed by atoms with Crippen LogP contribution in [0.2, 0.25) is 0 Å². The first-order chi connectivity index (χ1) is 15.1. The van der Waals surface area contributed by atoms with Gasteiger partial charge in [0.25, 0.3) is 0 Å². The van der Waals surface area contributed by atoms with Crippen LogP contribution >= 0.6 is 35.7 Å². The molecule has 0 N–H and O–H groups in total. The van der Waals surface area contributed by atoms with Crippen LogP contribution < -0.4 is 21.2 Å². The largest absolute Gasteiger partial charge is 0 e. The zero-order valence-corrected chi connectivity index (χ0v) is 22.2. The molecule has 4 rings (SSSR count). The predicted molar refractivity (Wildman–Crippen MR) is 147 cm³/mol. The first-order valence-electron chi connectivity index (χ1n) is 10.7. The first kappa shape index (κ1) is 25.4. The van der Waals surface area contributed by atoms with Crippen LogP contribution in [0.1, 0.15) is 6.42 Å². The van der Waals surface area contributed by atoms with Crippen molar-refractivity contribution in [3.8, 4) is 0 Å². The minimum absolute atomic E-state index is 0. The molecule has 0 atom stereocenters. The molecule has 5 heteroatoms. The molecule has 0 aliphatic heterocycles. The van der Waals surface area contributed by atoms with Gasteiger partial charge in [0.05, 0.1) is 0 Å². The number of rotatable bonds is 8. The fourth-order valence-electron chi connectivity index (χ4n) is 4.30. The number of benzene rings is 4. The summed E-state index contributed by atoms with van der Waals surface area (Å²) in [5, 5.41) is 5.07. The van der Waals surface area contributed by atoms with Crippen molar-refractivity contribution in [2.45, 2.75) is 6.42 Å². The number of halogens is 2. The standard InChI is InChI=1S/C27H28Cl2P2.Ni/c28-30(24-14-5-1-6-15-24,25-16-7-2-8-17-25)22-13-23-31(29,26-18-9-3-10-19-26)27-20-11-4-12-21-27;/h1-12,14-21,30-31H,13,22-23H2;. The summed E-state index contributed by atoms with van der Waals surface area (Å²) in [6.07, 6.45) is 2.92. The van der Waals surface area contributed by atoms with E-state index < -0.39 is 13.2 Å². The van der Waals surface area contributed by atoms with Crippen LogP contribution in [0.15, 0.2) is 121 Å². The maximum absolute atomic E-state index is 7.52. The van der Waals surface area contributed by atoms with Crippen LogP contribution in [0.5, 0.6) is 0 Å². The van der Waals surface area contributed by atoms with E-state index in [1.807, 2.05) is 0 Å². The van der Waals surface area contributed by atoms with Gasteiger partial charge in [0.1, 0.15) is 0 Å². The van der Waals surface area contributed by atoms with Crippen molar-refractivity contribution in [2.24, 2.45) is 0 Å². The molecule has 32 heavy (non-hydrogen) atoms. The molecule has 0 fully saturated rings. The third kappa shape index (κ3) is 5.65. The third-order valence-electron chi connectivity index (χ3n) is 5.97. The van der Waals surface area contributed by atoms with Crippen molar-refractivity contribution in [3.05, 3.63) is 121 Å². The second-order valence-corrected chi connectivity index (χ2v) is 18.3. The minimum Gasteiger partial charge on any atom is 0 e. The molecule has 0 amide bonds. The van der Waals surface area contributed by atoms with E-state index in [9.17, 15) is 0 Å². The average molecular weight is 544 g/mol. The van der Waals surface area contributed by atoms with Crippen LogP contribution in [0.4, 0.5) is 0 Å². The molecule has 170 valence electrons. The van der Waals surface area contributed by atoms with E-state index in [0.717, 1.165) is 18.7 Å². The zero-order valence-electron chi connectivity index (χ0n) is 17.7. The Balaban J connectivity index is 0.00000289. The quantitative estimate of drug-likeness (QED) is 0.176. The fourth-order valence-corrected chi connectivity index (χ4v) is 13.0. The van der Waals surface area contributed by atoms with Gasteiger partial charge in [0, 0.05) is 16.5 Å². The summed E-state index contributed by atoms with van der Waals surface area (Å²) in [5.74, 6) is 0. The van der Waals surface area contributed by atoms with Gasteiger partial charge in [0.2, 0.25) is 0 Å². The van der Waals surface area contributed by atoms with E-state index in [1.165, 1.54) is 21.2 Å². The Labute approximate surface area is 212 Å². The Kier molecular flexibility index (Phi) is 9.37. The van der Waals surface area contributed by atoms with Crippen LogP contribution in [-0.4, -0.2) is 12.3 Å². The summed E-state index contributed by atoms with van der Waals surface area (Å²) in [5.41, 5.74) is 0. The van der Waals surface area contributed by atoms with E-state index in [1.54, 1.807) is 0 Å². The summed E-state index contributed by atoms with van der Waals surface area (Å²) in [7, 11) is 0. The molecule has 0 aliphatic rings. The van der Waals surface area contributed by atoms with Crippen molar-refractivity contribution < 1.29 is 16.5 Å². The Bertz CT molecular complexity index is 910. The second-order valence-electron chi connectivity index (χ2n) is 7.92. The zero-order chi connectivity index (χ0) is 21.6. The summed E-state index contributed by atoms with van der Waals surface area (Å²) in [6.45, 7) is -4.73. The molecule has 0 unspecified atom stereocenters. The van der Waals surface area contributed by atoms with E-state index >= 15 is 0 Å². The third-order valence-corrected chi connectivity index (χ3v) is 16.8. The number of hydrogen-bond donors (Lipinski definition) is 0. The predicted octanol–water partition coefficient (Wildman–Crippen LogP) is 6.48. The van der Waals surface area contributed by atoms with Gasteiger partial charge in [-0.2, -0.15) is 0 Å². The molecule has 0 heterocycles. The molecule has 0 saturated carbocycles. The van der Waals surface area contributed by atoms with Crippen molar-refractivity contribution in [1.29, 1.82) is 0 Å². The van der Waals surface area contributed by atoms with Gasteiger partial charge >= 0.3 is 197 Å². The average Bonchev–Trinajstić information content (AvgIpc) is 2.86. The van der Waals surface area contributed by atoms with Gasteiger partial charge in [-0.05, 0) is 0 Å². The van der Waals surface area contributed by atoms with Gasteiger partial charge in [0.15, 0.2) is 0 Å². The molecule has 0 bridgehead atoms. The summed E-state index contributed by atoms with van der Waals surface area (Å²) in [6, 6.07) is 42.5. The van der Waals surface area contributed by atoms with Crippen LogP contribution in [0.25, 0.3) is 0 Å². The Hall–Kier alpha value is -1.19. The summed E-state index contributed by atoms with van der Waals surface area (Å²) < 4.78 is 0. The molecule has 4 aromatic carbocycles. The van der Waals surface area contributed by atoms with E-state index in [0.29, 0.717) is 0 Å². The number of hydrogen-bond acceptors (Lipinski definition) is 0. The van der Waals surface area contributed by atoms with Crippen molar-refractivity contribution in [1.82, 2.24) is 0 Å². The second kappa shape index (κ2) is 11.8. The SMILES string of the molecule is Cl[PH](CCC[PH](Cl)(c1ccccc1)c1ccccc1)(c1ccccc1)c1ccccc1.[Ni].